The van der Waals surface area contributed by atoms with Crippen molar-refractivity contribution in [3.8, 4) is 28.5 Å². The predicted octanol–water partition coefficient (Wildman–Crippen LogP) is 6.06. The summed E-state index contributed by atoms with van der Waals surface area (Å²) in [4.78, 5) is 0. The molecule has 3 nitrogen and oxygen atoms in total. The number of halogens is 1. The van der Waals surface area contributed by atoms with E-state index in [2.05, 4.69) is 6.07 Å². The molecule has 0 spiro atoms. The number of nitrogens with zero attached hydrogens (tertiary/aromatic N) is 2. The molecule has 30 heavy (non-hydrogen) atoms. The van der Waals surface area contributed by atoms with Gasteiger partial charge < -0.3 is 4.42 Å². The van der Waals surface area contributed by atoms with E-state index in [9.17, 15) is 9.65 Å². The molecule has 2 heterocycles. The van der Waals surface area contributed by atoms with Gasteiger partial charge in [0.25, 0.3) is 0 Å². The summed E-state index contributed by atoms with van der Waals surface area (Å²) in [5.41, 5.74) is 6.67. The van der Waals surface area contributed by atoms with Gasteiger partial charge in [-0.1, -0.05) is 42.5 Å². The number of pyridine rings is 1. The first-order chi connectivity index (χ1) is 14.6. The van der Waals surface area contributed by atoms with Gasteiger partial charge in [-0.25, -0.2) is 4.39 Å². The Hall–Kier alpha value is -3.97. The van der Waals surface area contributed by atoms with E-state index in [-0.39, 0.29) is 5.82 Å². The zero-order valence-electron chi connectivity index (χ0n) is 16.6. The minimum atomic E-state index is -0.296. The Morgan fingerprint density at radius 3 is 2.50 bits per heavy atom. The number of fused-ring (bicyclic) bond motifs is 3. The van der Waals surface area contributed by atoms with Gasteiger partial charge >= 0.3 is 0 Å². The smallest absolute Gasteiger partial charge is 0.216 e. The van der Waals surface area contributed by atoms with Crippen LogP contribution in [0.1, 0.15) is 11.1 Å². The van der Waals surface area contributed by atoms with Crippen LogP contribution in [0.4, 0.5) is 4.39 Å². The quantitative estimate of drug-likeness (QED) is 0.342. The molecule has 0 saturated heterocycles. The maximum absolute atomic E-state index is 13.7. The Bertz CT molecular complexity index is 1480. The molecular formula is C26H18FN2O+. The van der Waals surface area contributed by atoms with Crippen LogP contribution in [0.2, 0.25) is 0 Å². The van der Waals surface area contributed by atoms with Crippen LogP contribution in [0.25, 0.3) is 44.3 Å². The summed E-state index contributed by atoms with van der Waals surface area (Å²) in [6, 6.07) is 23.4. The molecule has 144 valence electrons. The van der Waals surface area contributed by atoms with E-state index in [1.165, 1.54) is 12.3 Å². The standard InChI is InChI=1S/C26H18FN2O/c1-16-8-10-21-25-19(14-28)12-18(17-6-4-3-5-7-17)13-23(25)30-26(21)24(16)22-11-9-20(27)15-29(22)2/h3-13,15H,1-2H3/q+1. The number of aryl methyl sites for hydroxylation is 2. The minimum Gasteiger partial charge on any atom is -0.455 e. The van der Waals surface area contributed by atoms with Crippen molar-refractivity contribution in [3.05, 3.63) is 89.9 Å². The van der Waals surface area contributed by atoms with Gasteiger partial charge in [0.15, 0.2) is 5.82 Å². The molecule has 0 unspecified atom stereocenters. The molecule has 0 saturated carbocycles. The molecular weight excluding hydrogens is 375 g/mol. The summed E-state index contributed by atoms with van der Waals surface area (Å²) in [6.45, 7) is 2.01. The molecule has 0 aliphatic rings. The Kier molecular flexibility index (Phi) is 4.11. The van der Waals surface area contributed by atoms with Gasteiger partial charge in [0.2, 0.25) is 11.9 Å². The third kappa shape index (κ3) is 2.75. The molecule has 0 amide bonds. The van der Waals surface area contributed by atoms with E-state index in [1.807, 2.05) is 68.6 Å². The summed E-state index contributed by atoms with van der Waals surface area (Å²) in [5, 5.41) is 11.5. The van der Waals surface area contributed by atoms with E-state index in [0.717, 1.165) is 38.7 Å². The highest BCUT2D eigenvalue weighted by Gasteiger charge is 2.22. The zero-order valence-corrected chi connectivity index (χ0v) is 16.6. The Morgan fingerprint density at radius 1 is 0.967 bits per heavy atom. The third-order valence-electron chi connectivity index (χ3n) is 5.53. The average molecular weight is 393 g/mol. The van der Waals surface area contributed by atoms with Crippen LogP contribution in [0.3, 0.4) is 0 Å². The van der Waals surface area contributed by atoms with Gasteiger partial charge in [-0.2, -0.15) is 9.83 Å². The van der Waals surface area contributed by atoms with Crippen molar-refractivity contribution < 1.29 is 13.4 Å². The molecule has 0 bridgehead atoms. The number of nitriles is 1. The molecule has 0 radical (unpaired) electrons. The maximum atomic E-state index is 13.7. The fourth-order valence-corrected chi connectivity index (χ4v) is 4.10. The van der Waals surface area contributed by atoms with Crippen molar-refractivity contribution in [2.75, 3.05) is 0 Å². The molecule has 2 aromatic heterocycles. The van der Waals surface area contributed by atoms with E-state index in [1.54, 1.807) is 10.6 Å². The van der Waals surface area contributed by atoms with Crippen molar-refractivity contribution >= 4 is 21.9 Å². The molecule has 5 rings (SSSR count). The van der Waals surface area contributed by atoms with Crippen LogP contribution in [-0.4, -0.2) is 0 Å². The second-order valence-electron chi connectivity index (χ2n) is 7.45. The molecule has 5 aromatic rings. The van der Waals surface area contributed by atoms with Crippen LogP contribution in [0.5, 0.6) is 0 Å². The summed E-state index contributed by atoms with van der Waals surface area (Å²) in [7, 11) is 1.81. The van der Waals surface area contributed by atoms with E-state index in [4.69, 9.17) is 4.42 Å². The van der Waals surface area contributed by atoms with Crippen molar-refractivity contribution in [3.63, 3.8) is 0 Å². The number of rotatable bonds is 2. The largest absolute Gasteiger partial charge is 0.455 e. The first-order valence-electron chi connectivity index (χ1n) is 9.68. The molecule has 0 atom stereocenters. The lowest BCUT2D eigenvalue weighted by Crippen LogP contribution is -2.31. The van der Waals surface area contributed by atoms with Crippen molar-refractivity contribution in [1.82, 2.24) is 0 Å². The summed E-state index contributed by atoms with van der Waals surface area (Å²) < 4.78 is 21.8. The van der Waals surface area contributed by atoms with Gasteiger partial charge in [0.1, 0.15) is 18.2 Å². The molecule has 4 heteroatoms. The maximum Gasteiger partial charge on any atom is 0.216 e. The lowest BCUT2D eigenvalue weighted by Gasteiger charge is -2.05. The van der Waals surface area contributed by atoms with Crippen molar-refractivity contribution in [1.29, 1.82) is 5.26 Å². The van der Waals surface area contributed by atoms with Crippen LogP contribution >= 0.6 is 0 Å². The number of benzene rings is 3. The average Bonchev–Trinajstić information content (AvgIpc) is 3.13. The first-order valence-corrected chi connectivity index (χ1v) is 9.68. The number of hydrogen-bond acceptors (Lipinski definition) is 2. The lowest BCUT2D eigenvalue weighted by atomic mass is 9.97. The van der Waals surface area contributed by atoms with Crippen molar-refractivity contribution in [2.45, 2.75) is 6.92 Å². The van der Waals surface area contributed by atoms with Gasteiger partial charge in [0, 0.05) is 16.8 Å². The van der Waals surface area contributed by atoms with Crippen LogP contribution < -0.4 is 4.57 Å². The third-order valence-corrected chi connectivity index (χ3v) is 5.53. The van der Waals surface area contributed by atoms with E-state index >= 15 is 0 Å². The second-order valence-corrected chi connectivity index (χ2v) is 7.45. The van der Waals surface area contributed by atoms with Gasteiger partial charge in [0.05, 0.1) is 17.2 Å². The molecule has 0 N–H and O–H groups in total. The number of hydrogen-bond donors (Lipinski definition) is 0. The topological polar surface area (TPSA) is 40.8 Å². The summed E-state index contributed by atoms with van der Waals surface area (Å²) in [5.74, 6) is -0.296. The minimum absolute atomic E-state index is 0.296. The van der Waals surface area contributed by atoms with Crippen LogP contribution in [-0.2, 0) is 7.05 Å². The Labute approximate surface area is 173 Å². The van der Waals surface area contributed by atoms with E-state index in [0.29, 0.717) is 16.7 Å². The van der Waals surface area contributed by atoms with Gasteiger partial charge in [-0.15, -0.1) is 0 Å². The highest BCUT2D eigenvalue weighted by atomic mass is 19.1. The summed E-state index contributed by atoms with van der Waals surface area (Å²) >= 11 is 0. The fourth-order valence-electron chi connectivity index (χ4n) is 4.10. The highest BCUT2D eigenvalue weighted by Crippen LogP contribution is 2.39. The van der Waals surface area contributed by atoms with Gasteiger partial charge in [-0.05, 0) is 41.8 Å². The molecule has 3 aromatic carbocycles. The predicted molar refractivity (Wildman–Crippen MR) is 115 cm³/mol. The zero-order chi connectivity index (χ0) is 20.8. The number of furan rings is 1. The Morgan fingerprint density at radius 2 is 1.77 bits per heavy atom. The number of aromatic nitrogens is 1. The first kappa shape index (κ1) is 18.1. The highest BCUT2D eigenvalue weighted by molar-refractivity contribution is 6.12. The van der Waals surface area contributed by atoms with Crippen molar-refractivity contribution in [2.24, 2.45) is 7.05 Å². The summed E-state index contributed by atoms with van der Waals surface area (Å²) in [6.07, 6.45) is 1.45. The lowest BCUT2D eigenvalue weighted by molar-refractivity contribution is -0.661. The monoisotopic (exact) mass is 393 g/mol. The normalized spacial score (nSPS) is 11.1. The van der Waals surface area contributed by atoms with Crippen LogP contribution in [0, 0.1) is 24.1 Å². The fraction of sp³-hybridized carbons (Fsp3) is 0.0769. The second kappa shape index (κ2) is 6.82. The SMILES string of the molecule is Cc1ccc2c(oc3cc(-c4ccccc4)cc(C#N)c32)c1-c1ccc(F)c[n+]1C. The van der Waals surface area contributed by atoms with E-state index < -0.39 is 0 Å². The van der Waals surface area contributed by atoms with Gasteiger partial charge in [-0.3, -0.25) is 0 Å². The van der Waals surface area contributed by atoms with Crippen LogP contribution in [0.15, 0.2) is 77.3 Å². The molecule has 0 aliphatic carbocycles. The Balaban J connectivity index is 1.86. The molecule has 0 fully saturated rings. The molecule has 0 aliphatic heterocycles.